The molecule has 114 valence electrons. The first-order valence-corrected chi connectivity index (χ1v) is 7.73. The number of amides is 1. The van der Waals surface area contributed by atoms with Crippen molar-refractivity contribution in [2.24, 2.45) is 11.3 Å². The van der Waals surface area contributed by atoms with E-state index in [1.807, 2.05) is 6.92 Å². The van der Waals surface area contributed by atoms with Gasteiger partial charge in [0.2, 0.25) is 5.91 Å². The van der Waals surface area contributed by atoms with E-state index >= 15 is 0 Å². The summed E-state index contributed by atoms with van der Waals surface area (Å²) in [5.74, 6) is -0.273. The first-order valence-electron chi connectivity index (χ1n) is 7.73. The molecule has 1 aliphatic carbocycles. The minimum Gasteiger partial charge on any atom is -0.481 e. The molecule has 2 aliphatic rings. The maximum atomic E-state index is 12.2. The van der Waals surface area contributed by atoms with Gasteiger partial charge in [0.25, 0.3) is 0 Å². The number of nitrogens with one attached hydrogen (secondary N) is 2. The Morgan fingerprint density at radius 2 is 2.05 bits per heavy atom. The highest BCUT2D eigenvalue weighted by Gasteiger charge is 2.39. The average Bonchev–Trinajstić information content (AvgIpc) is 2.88. The Balaban J connectivity index is 1.85. The van der Waals surface area contributed by atoms with Crippen LogP contribution in [0.1, 0.15) is 52.4 Å². The number of carbonyl (C=O) groups is 2. The molecule has 0 aromatic heterocycles. The first kappa shape index (κ1) is 15.3. The quantitative estimate of drug-likeness (QED) is 0.714. The Morgan fingerprint density at radius 3 is 2.65 bits per heavy atom. The number of carbonyl (C=O) groups excluding carboxylic acids is 1. The van der Waals surface area contributed by atoms with E-state index < -0.39 is 11.4 Å². The number of aliphatic carboxylic acids is 1. The Morgan fingerprint density at radius 1 is 1.35 bits per heavy atom. The van der Waals surface area contributed by atoms with Crippen LogP contribution in [0.15, 0.2) is 0 Å². The average molecular weight is 282 g/mol. The second-order valence-corrected chi connectivity index (χ2v) is 6.54. The molecule has 20 heavy (non-hydrogen) atoms. The highest BCUT2D eigenvalue weighted by Crippen LogP contribution is 2.33. The molecule has 4 atom stereocenters. The van der Waals surface area contributed by atoms with Crippen molar-refractivity contribution >= 4 is 11.9 Å². The summed E-state index contributed by atoms with van der Waals surface area (Å²) in [6.45, 7) is 3.71. The van der Waals surface area contributed by atoms with Crippen LogP contribution in [0.25, 0.3) is 0 Å². The lowest BCUT2D eigenvalue weighted by Gasteiger charge is -2.24. The molecule has 5 nitrogen and oxygen atoms in total. The van der Waals surface area contributed by atoms with E-state index in [2.05, 4.69) is 10.6 Å². The second kappa shape index (κ2) is 6.12. The summed E-state index contributed by atoms with van der Waals surface area (Å²) in [7, 11) is 0. The van der Waals surface area contributed by atoms with E-state index in [0.29, 0.717) is 18.4 Å². The number of carboxylic acids is 1. The van der Waals surface area contributed by atoms with Gasteiger partial charge in [0.05, 0.1) is 11.5 Å². The molecule has 1 saturated heterocycles. The van der Waals surface area contributed by atoms with E-state index in [0.717, 1.165) is 12.8 Å². The van der Waals surface area contributed by atoms with E-state index in [9.17, 15) is 14.7 Å². The van der Waals surface area contributed by atoms with E-state index in [4.69, 9.17) is 0 Å². The van der Waals surface area contributed by atoms with Gasteiger partial charge in [0.15, 0.2) is 0 Å². The van der Waals surface area contributed by atoms with Crippen LogP contribution in [0.5, 0.6) is 0 Å². The predicted molar refractivity (Wildman–Crippen MR) is 76.3 cm³/mol. The summed E-state index contributed by atoms with van der Waals surface area (Å²) in [6.07, 6.45) is 6.29. The van der Waals surface area contributed by atoms with Gasteiger partial charge in [-0.25, -0.2) is 0 Å². The lowest BCUT2D eigenvalue weighted by Crippen LogP contribution is -2.47. The van der Waals surface area contributed by atoms with E-state index in [-0.39, 0.29) is 18.5 Å². The van der Waals surface area contributed by atoms with Crippen molar-refractivity contribution < 1.29 is 14.7 Å². The molecule has 2 rings (SSSR count). The van der Waals surface area contributed by atoms with Crippen LogP contribution in [-0.4, -0.2) is 35.6 Å². The highest BCUT2D eigenvalue weighted by atomic mass is 16.4. The maximum Gasteiger partial charge on any atom is 0.311 e. The largest absolute Gasteiger partial charge is 0.481 e. The second-order valence-electron chi connectivity index (χ2n) is 6.54. The molecule has 5 heteroatoms. The van der Waals surface area contributed by atoms with Crippen molar-refractivity contribution in [3.8, 4) is 0 Å². The summed E-state index contributed by atoms with van der Waals surface area (Å²) >= 11 is 0. The zero-order valence-corrected chi connectivity index (χ0v) is 12.4. The molecule has 0 spiro atoms. The summed E-state index contributed by atoms with van der Waals surface area (Å²) < 4.78 is 0. The Bertz CT molecular complexity index is 371. The van der Waals surface area contributed by atoms with Gasteiger partial charge in [-0.1, -0.05) is 19.8 Å². The molecule has 0 aromatic rings. The summed E-state index contributed by atoms with van der Waals surface area (Å²) in [5.41, 5.74) is -0.874. The number of fused-ring (bicyclic) bond motifs is 1. The third-order valence-corrected chi connectivity index (χ3v) is 5.13. The van der Waals surface area contributed by atoms with Crippen LogP contribution in [0.3, 0.4) is 0 Å². The topological polar surface area (TPSA) is 78.4 Å². The molecule has 3 N–H and O–H groups in total. The molecule has 1 saturated carbocycles. The smallest absolute Gasteiger partial charge is 0.311 e. The molecule has 0 bridgehead atoms. The van der Waals surface area contributed by atoms with Crippen molar-refractivity contribution in [3.05, 3.63) is 0 Å². The van der Waals surface area contributed by atoms with Crippen LogP contribution in [-0.2, 0) is 9.59 Å². The number of rotatable bonds is 5. The number of hydrogen-bond acceptors (Lipinski definition) is 3. The monoisotopic (exact) mass is 282 g/mol. The van der Waals surface area contributed by atoms with Gasteiger partial charge >= 0.3 is 5.97 Å². The lowest BCUT2D eigenvalue weighted by molar-refractivity contribution is -0.148. The molecular weight excluding hydrogens is 256 g/mol. The van der Waals surface area contributed by atoms with Gasteiger partial charge in [0, 0.05) is 12.6 Å². The predicted octanol–water partition coefficient (Wildman–Crippen LogP) is 1.52. The maximum absolute atomic E-state index is 12.2. The van der Waals surface area contributed by atoms with Gasteiger partial charge in [-0.3, -0.25) is 9.59 Å². The Hall–Kier alpha value is -1.10. The SMILES string of the molecule is CCC(C)(CNC(=O)C1CC2CCCCC2N1)C(=O)O. The van der Waals surface area contributed by atoms with Crippen molar-refractivity contribution in [2.45, 2.75) is 64.5 Å². The minimum absolute atomic E-state index is 0.0414. The molecule has 2 fully saturated rings. The van der Waals surface area contributed by atoms with Gasteiger partial charge in [-0.15, -0.1) is 0 Å². The molecule has 0 radical (unpaired) electrons. The van der Waals surface area contributed by atoms with Crippen molar-refractivity contribution in [2.75, 3.05) is 6.54 Å². The normalized spacial score (nSPS) is 32.2. The van der Waals surface area contributed by atoms with Gasteiger partial charge < -0.3 is 15.7 Å². The third kappa shape index (κ3) is 3.14. The zero-order chi connectivity index (χ0) is 14.8. The van der Waals surface area contributed by atoms with E-state index in [1.54, 1.807) is 6.92 Å². The Labute approximate surface area is 120 Å². The standard InChI is InChI=1S/C15H26N2O3/c1-3-15(2,14(19)20)9-16-13(18)12-8-10-6-4-5-7-11(10)17-12/h10-12,17H,3-9H2,1-2H3,(H,16,18)(H,19,20). The fraction of sp³-hybridized carbons (Fsp3) is 0.867. The van der Waals surface area contributed by atoms with Crippen LogP contribution in [0, 0.1) is 11.3 Å². The third-order valence-electron chi connectivity index (χ3n) is 5.13. The van der Waals surface area contributed by atoms with Gasteiger partial charge in [-0.05, 0) is 38.5 Å². The van der Waals surface area contributed by atoms with Crippen LogP contribution in [0.4, 0.5) is 0 Å². The van der Waals surface area contributed by atoms with Crippen molar-refractivity contribution in [3.63, 3.8) is 0 Å². The van der Waals surface area contributed by atoms with E-state index in [1.165, 1.54) is 19.3 Å². The minimum atomic E-state index is -0.874. The zero-order valence-electron chi connectivity index (χ0n) is 12.4. The summed E-state index contributed by atoms with van der Waals surface area (Å²) in [4.78, 5) is 23.4. The molecule has 1 amide bonds. The van der Waals surface area contributed by atoms with Crippen LogP contribution < -0.4 is 10.6 Å². The van der Waals surface area contributed by atoms with Crippen molar-refractivity contribution in [1.82, 2.24) is 10.6 Å². The van der Waals surface area contributed by atoms with Gasteiger partial charge in [-0.2, -0.15) is 0 Å². The van der Waals surface area contributed by atoms with Crippen molar-refractivity contribution in [1.29, 1.82) is 0 Å². The van der Waals surface area contributed by atoms with Gasteiger partial charge in [0.1, 0.15) is 0 Å². The highest BCUT2D eigenvalue weighted by molar-refractivity contribution is 5.83. The molecule has 1 heterocycles. The summed E-state index contributed by atoms with van der Waals surface area (Å²) in [6, 6.07) is 0.342. The summed E-state index contributed by atoms with van der Waals surface area (Å²) in [5, 5.41) is 15.5. The molecular formula is C15H26N2O3. The molecule has 4 unspecified atom stereocenters. The molecule has 1 aliphatic heterocycles. The fourth-order valence-electron chi connectivity index (χ4n) is 3.28. The fourth-order valence-corrected chi connectivity index (χ4v) is 3.28. The first-order chi connectivity index (χ1) is 9.46. The Kier molecular flexibility index (Phi) is 4.68. The number of carboxylic acid groups (broad SMARTS) is 1. The number of hydrogen-bond donors (Lipinski definition) is 3. The lowest BCUT2D eigenvalue weighted by atomic mass is 9.85. The molecule has 0 aromatic carbocycles. The van der Waals surface area contributed by atoms with Crippen LogP contribution in [0.2, 0.25) is 0 Å². The van der Waals surface area contributed by atoms with Crippen LogP contribution >= 0.6 is 0 Å².